The lowest BCUT2D eigenvalue weighted by Gasteiger charge is -2.27. The van der Waals surface area contributed by atoms with Crippen LogP contribution in [0.3, 0.4) is 0 Å². The molecule has 1 atom stereocenters. The molecule has 0 bridgehead atoms. The summed E-state index contributed by atoms with van der Waals surface area (Å²) in [4.78, 5) is 28.0. The highest BCUT2D eigenvalue weighted by Gasteiger charge is 2.47. The minimum absolute atomic E-state index is 0.0640. The topological polar surface area (TPSA) is 66.8 Å². The molecular weight excluding hydrogens is 482 g/mol. The minimum atomic E-state index is -0.772. The van der Waals surface area contributed by atoms with Gasteiger partial charge in [-0.15, -0.1) is 0 Å². The molecule has 0 aliphatic carbocycles. The average molecular weight is 506 g/mol. The lowest BCUT2D eigenvalue weighted by Crippen LogP contribution is -2.30. The zero-order valence-corrected chi connectivity index (χ0v) is 20.2. The van der Waals surface area contributed by atoms with E-state index in [1.54, 1.807) is 24.3 Å². The number of ketones is 1. The fourth-order valence-corrected chi connectivity index (χ4v) is 4.34. The summed E-state index contributed by atoms with van der Waals surface area (Å²) in [7, 11) is 0. The number of nitrogens with zero attached hydrogens (tertiary/aromatic N) is 1. The van der Waals surface area contributed by atoms with Gasteiger partial charge in [-0.05, 0) is 67.8 Å². The Bertz CT molecular complexity index is 1260. The van der Waals surface area contributed by atoms with Crippen molar-refractivity contribution in [3.05, 3.63) is 99.0 Å². The van der Waals surface area contributed by atoms with E-state index in [1.807, 2.05) is 63.2 Å². The molecule has 1 N–H and O–H groups in total. The van der Waals surface area contributed by atoms with Crippen LogP contribution in [-0.4, -0.2) is 23.4 Å². The van der Waals surface area contributed by atoms with Crippen LogP contribution in [-0.2, 0) is 9.59 Å². The van der Waals surface area contributed by atoms with E-state index in [0.717, 1.165) is 15.6 Å². The van der Waals surface area contributed by atoms with Crippen LogP contribution in [0.15, 0.2) is 76.8 Å². The van der Waals surface area contributed by atoms with Crippen LogP contribution in [0.4, 0.5) is 5.69 Å². The zero-order valence-electron chi connectivity index (χ0n) is 18.6. The maximum atomic E-state index is 13.3. The van der Waals surface area contributed by atoms with Gasteiger partial charge in [-0.1, -0.05) is 52.3 Å². The second-order valence-electron chi connectivity index (χ2n) is 7.92. The van der Waals surface area contributed by atoms with Gasteiger partial charge >= 0.3 is 0 Å². The average Bonchev–Trinajstić information content (AvgIpc) is 3.07. The van der Waals surface area contributed by atoms with E-state index in [2.05, 4.69) is 15.9 Å². The molecule has 168 valence electrons. The van der Waals surface area contributed by atoms with E-state index in [-0.39, 0.29) is 11.3 Å². The van der Waals surface area contributed by atoms with Crippen molar-refractivity contribution >= 4 is 39.1 Å². The monoisotopic (exact) mass is 505 g/mol. The molecular formula is C27H24BrNO4. The molecule has 4 rings (SSSR count). The normalized spacial score (nSPS) is 17.5. The molecule has 1 amide bonds. The molecule has 1 aliphatic rings. The number of halogens is 1. The van der Waals surface area contributed by atoms with E-state index < -0.39 is 17.7 Å². The van der Waals surface area contributed by atoms with E-state index in [9.17, 15) is 14.7 Å². The third kappa shape index (κ3) is 4.18. The lowest BCUT2D eigenvalue weighted by atomic mass is 9.94. The Morgan fingerprint density at radius 2 is 1.70 bits per heavy atom. The van der Waals surface area contributed by atoms with Gasteiger partial charge in [0.25, 0.3) is 11.7 Å². The van der Waals surface area contributed by atoms with Gasteiger partial charge in [0.1, 0.15) is 11.5 Å². The van der Waals surface area contributed by atoms with Crippen LogP contribution < -0.4 is 9.64 Å². The molecule has 1 heterocycles. The number of aliphatic hydroxyl groups excluding tert-OH is 1. The number of aryl methyl sites for hydroxylation is 2. The van der Waals surface area contributed by atoms with Crippen LogP contribution >= 0.6 is 15.9 Å². The number of carbonyl (C=O) groups excluding carboxylic acids is 2. The number of carbonyl (C=O) groups is 2. The van der Waals surface area contributed by atoms with Crippen LogP contribution in [0.2, 0.25) is 0 Å². The van der Waals surface area contributed by atoms with Gasteiger partial charge in [0.15, 0.2) is 0 Å². The summed E-state index contributed by atoms with van der Waals surface area (Å²) in [6, 6.07) is 19.2. The standard InChI is InChI=1S/C27H24BrNO4/c1-4-33-20-12-9-18(10-13-20)24-23(25(30)19-11-14-21(28)17(3)15-19)26(31)27(32)29(24)22-8-6-5-7-16(22)2/h5-15,24,30H,4H2,1-3H3/b25-23-. The first-order valence-corrected chi connectivity index (χ1v) is 11.5. The van der Waals surface area contributed by atoms with Crippen molar-refractivity contribution in [3.63, 3.8) is 0 Å². The number of hydrogen-bond donors (Lipinski definition) is 1. The molecule has 1 fully saturated rings. The molecule has 0 spiro atoms. The molecule has 0 saturated carbocycles. The van der Waals surface area contributed by atoms with Gasteiger partial charge in [0.05, 0.1) is 18.2 Å². The highest BCUT2D eigenvalue weighted by atomic mass is 79.9. The van der Waals surface area contributed by atoms with Gasteiger partial charge < -0.3 is 9.84 Å². The lowest BCUT2D eigenvalue weighted by molar-refractivity contribution is -0.132. The molecule has 1 saturated heterocycles. The number of para-hydroxylation sites is 1. The highest BCUT2D eigenvalue weighted by Crippen LogP contribution is 2.43. The fraction of sp³-hybridized carbons (Fsp3) is 0.185. The van der Waals surface area contributed by atoms with Gasteiger partial charge in [-0.2, -0.15) is 0 Å². The van der Waals surface area contributed by atoms with Crippen molar-refractivity contribution in [2.75, 3.05) is 11.5 Å². The number of amides is 1. The third-order valence-electron chi connectivity index (χ3n) is 5.76. The first-order chi connectivity index (χ1) is 15.8. The van der Waals surface area contributed by atoms with Crippen LogP contribution in [0.25, 0.3) is 5.76 Å². The molecule has 0 aromatic heterocycles. The molecule has 6 heteroatoms. The number of Topliss-reactive ketones (excluding diaryl/α,β-unsaturated/α-hetero) is 1. The smallest absolute Gasteiger partial charge is 0.300 e. The van der Waals surface area contributed by atoms with Crippen molar-refractivity contribution in [1.82, 2.24) is 0 Å². The molecule has 1 aliphatic heterocycles. The van der Waals surface area contributed by atoms with Crippen LogP contribution in [0, 0.1) is 13.8 Å². The molecule has 1 unspecified atom stereocenters. The second kappa shape index (κ2) is 9.24. The number of benzene rings is 3. The molecule has 5 nitrogen and oxygen atoms in total. The Hall–Kier alpha value is -3.38. The summed E-state index contributed by atoms with van der Waals surface area (Å²) < 4.78 is 6.44. The van der Waals surface area contributed by atoms with E-state index in [1.165, 1.54) is 4.90 Å². The van der Waals surface area contributed by atoms with Crippen molar-refractivity contribution in [2.24, 2.45) is 0 Å². The number of hydrogen-bond acceptors (Lipinski definition) is 4. The van der Waals surface area contributed by atoms with Gasteiger partial charge in [0.2, 0.25) is 0 Å². The molecule has 3 aromatic rings. The van der Waals surface area contributed by atoms with E-state index >= 15 is 0 Å². The zero-order chi connectivity index (χ0) is 23.7. The first kappa shape index (κ1) is 22.8. The van der Waals surface area contributed by atoms with Gasteiger partial charge in [-0.25, -0.2) is 0 Å². The summed E-state index contributed by atoms with van der Waals surface area (Å²) in [6.07, 6.45) is 0. The number of ether oxygens (including phenoxy) is 1. The van der Waals surface area contributed by atoms with Gasteiger partial charge in [0, 0.05) is 15.7 Å². The third-order valence-corrected chi connectivity index (χ3v) is 6.65. The SMILES string of the molecule is CCOc1ccc(C2/C(=C(/O)c3ccc(Br)c(C)c3)C(=O)C(=O)N2c2ccccc2C)cc1. The number of anilines is 1. The quantitative estimate of drug-likeness (QED) is 0.258. The van der Waals surface area contributed by atoms with Crippen molar-refractivity contribution < 1.29 is 19.4 Å². The Balaban J connectivity index is 1.93. The molecule has 3 aromatic carbocycles. The minimum Gasteiger partial charge on any atom is -0.507 e. The molecule has 0 radical (unpaired) electrons. The van der Waals surface area contributed by atoms with Crippen molar-refractivity contribution in [1.29, 1.82) is 0 Å². The maximum absolute atomic E-state index is 13.3. The summed E-state index contributed by atoms with van der Waals surface area (Å²) >= 11 is 3.46. The predicted octanol–water partition coefficient (Wildman–Crippen LogP) is 6.09. The summed E-state index contributed by atoms with van der Waals surface area (Å²) in [6.45, 7) is 6.23. The summed E-state index contributed by atoms with van der Waals surface area (Å²) in [5.74, 6) is -0.884. The van der Waals surface area contributed by atoms with E-state index in [4.69, 9.17) is 4.74 Å². The maximum Gasteiger partial charge on any atom is 0.300 e. The van der Waals surface area contributed by atoms with Crippen LogP contribution in [0.1, 0.15) is 35.2 Å². The Morgan fingerprint density at radius 1 is 1.00 bits per heavy atom. The summed E-state index contributed by atoms with van der Waals surface area (Å²) in [5.41, 5.74) is 3.64. The largest absolute Gasteiger partial charge is 0.507 e. The van der Waals surface area contributed by atoms with Crippen LogP contribution in [0.5, 0.6) is 5.75 Å². The Labute approximate surface area is 201 Å². The number of aliphatic hydroxyl groups is 1. The summed E-state index contributed by atoms with van der Waals surface area (Å²) in [5, 5.41) is 11.3. The highest BCUT2D eigenvalue weighted by molar-refractivity contribution is 9.10. The Morgan fingerprint density at radius 3 is 2.33 bits per heavy atom. The fourth-order valence-electron chi connectivity index (χ4n) is 4.09. The predicted molar refractivity (Wildman–Crippen MR) is 132 cm³/mol. The Kier molecular flexibility index (Phi) is 6.38. The van der Waals surface area contributed by atoms with Crippen molar-refractivity contribution in [2.45, 2.75) is 26.8 Å². The second-order valence-corrected chi connectivity index (χ2v) is 8.78. The van der Waals surface area contributed by atoms with Crippen molar-refractivity contribution in [3.8, 4) is 5.75 Å². The molecule has 33 heavy (non-hydrogen) atoms. The van der Waals surface area contributed by atoms with E-state index in [0.29, 0.717) is 29.2 Å². The number of rotatable bonds is 5. The van der Waals surface area contributed by atoms with Gasteiger partial charge in [-0.3, -0.25) is 14.5 Å². The first-order valence-electron chi connectivity index (χ1n) is 10.7.